The molecule has 2 atom stereocenters. The van der Waals surface area contributed by atoms with Crippen molar-refractivity contribution >= 4 is 0 Å². The first-order valence-electron chi connectivity index (χ1n) is 6.52. The van der Waals surface area contributed by atoms with E-state index in [2.05, 4.69) is 18.7 Å². The molecule has 2 unspecified atom stereocenters. The van der Waals surface area contributed by atoms with Crippen LogP contribution in [0.2, 0.25) is 0 Å². The first kappa shape index (κ1) is 13.9. The Morgan fingerprint density at radius 2 is 1.94 bits per heavy atom. The van der Waals surface area contributed by atoms with Crippen molar-refractivity contribution in [3.8, 4) is 0 Å². The van der Waals surface area contributed by atoms with Crippen molar-refractivity contribution < 1.29 is 10.2 Å². The topological polar surface area (TPSA) is 43.7 Å². The van der Waals surface area contributed by atoms with Crippen LogP contribution in [0, 0.1) is 11.3 Å². The van der Waals surface area contributed by atoms with Crippen LogP contribution < -0.4 is 0 Å². The third kappa shape index (κ3) is 3.72. The summed E-state index contributed by atoms with van der Waals surface area (Å²) in [5, 5.41) is 18.9. The van der Waals surface area contributed by atoms with E-state index in [0.717, 1.165) is 38.9 Å². The fourth-order valence-electron chi connectivity index (χ4n) is 2.41. The minimum absolute atomic E-state index is 0.0394. The van der Waals surface area contributed by atoms with Gasteiger partial charge in [0.25, 0.3) is 0 Å². The van der Waals surface area contributed by atoms with Crippen molar-refractivity contribution in [1.29, 1.82) is 0 Å². The van der Waals surface area contributed by atoms with E-state index < -0.39 is 0 Å². The van der Waals surface area contributed by atoms with Crippen LogP contribution in [-0.2, 0) is 0 Å². The molecule has 0 saturated carbocycles. The second-order valence-electron chi connectivity index (χ2n) is 5.68. The van der Waals surface area contributed by atoms with Gasteiger partial charge >= 0.3 is 0 Å². The van der Waals surface area contributed by atoms with E-state index in [0.29, 0.717) is 5.92 Å². The predicted octanol–water partition coefficient (Wildman–Crippen LogP) is 1.49. The van der Waals surface area contributed by atoms with Gasteiger partial charge in [0, 0.05) is 18.6 Å². The van der Waals surface area contributed by atoms with E-state index in [9.17, 15) is 10.2 Å². The van der Waals surface area contributed by atoms with Gasteiger partial charge < -0.3 is 15.1 Å². The normalized spacial score (nSPS) is 25.3. The van der Waals surface area contributed by atoms with Crippen LogP contribution in [-0.4, -0.2) is 47.5 Å². The highest BCUT2D eigenvalue weighted by atomic mass is 16.3. The molecule has 0 aromatic heterocycles. The van der Waals surface area contributed by atoms with Gasteiger partial charge in [0.2, 0.25) is 0 Å². The Hall–Kier alpha value is -0.120. The number of rotatable bonds is 5. The van der Waals surface area contributed by atoms with Crippen LogP contribution in [0.3, 0.4) is 0 Å². The molecule has 1 aliphatic heterocycles. The summed E-state index contributed by atoms with van der Waals surface area (Å²) in [6.45, 7) is 9.54. The van der Waals surface area contributed by atoms with Gasteiger partial charge in [-0.05, 0) is 45.2 Å². The summed E-state index contributed by atoms with van der Waals surface area (Å²) in [5.74, 6) is 0.471. The van der Waals surface area contributed by atoms with Crippen LogP contribution in [0.4, 0.5) is 0 Å². The highest BCUT2D eigenvalue weighted by Gasteiger charge is 2.28. The van der Waals surface area contributed by atoms with Crippen molar-refractivity contribution in [1.82, 2.24) is 4.90 Å². The lowest BCUT2D eigenvalue weighted by molar-refractivity contribution is 0.0374. The quantitative estimate of drug-likeness (QED) is 0.750. The Labute approximate surface area is 99.5 Å². The van der Waals surface area contributed by atoms with Crippen LogP contribution >= 0.6 is 0 Å². The van der Waals surface area contributed by atoms with Gasteiger partial charge in [0.1, 0.15) is 0 Å². The molecule has 16 heavy (non-hydrogen) atoms. The molecule has 1 aliphatic rings. The van der Waals surface area contributed by atoms with Crippen molar-refractivity contribution in [3.63, 3.8) is 0 Å². The van der Waals surface area contributed by atoms with Gasteiger partial charge in [0.15, 0.2) is 0 Å². The van der Waals surface area contributed by atoms with Crippen LogP contribution in [0.25, 0.3) is 0 Å². The van der Waals surface area contributed by atoms with E-state index >= 15 is 0 Å². The standard InChI is InChI=1S/C13H27NO2/c1-4-13(3,10-15)9-14-7-5-12(6-8-14)11(2)16/h11-12,15-16H,4-10H2,1-3H3. The summed E-state index contributed by atoms with van der Waals surface area (Å²) < 4.78 is 0. The summed E-state index contributed by atoms with van der Waals surface area (Å²) in [7, 11) is 0. The lowest BCUT2D eigenvalue weighted by Gasteiger charge is -2.38. The van der Waals surface area contributed by atoms with E-state index in [-0.39, 0.29) is 18.1 Å². The van der Waals surface area contributed by atoms with E-state index in [1.54, 1.807) is 0 Å². The molecule has 0 bridgehead atoms. The molecule has 0 aromatic rings. The summed E-state index contributed by atoms with van der Waals surface area (Å²) >= 11 is 0. The van der Waals surface area contributed by atoms with Crippen LogP contribution in [0.5, 0.6) is 0 Å². The maximum Gasteiger partial charge on any atom is 0.0541 e. The van der Waals surface area contributed by atoms with Crippen molar-refractivity contribution in [2.45, 2.75) is 46.1 Å². The van der Waals surface area contributed by atoms with Gasteiger partial charge in [-0.15, -0.1) is 0 Å². The maximum absolute atomic E-state index is 9.53. The fraction of sp³-hybridized carbons (Fsp3) is 1.00. The molecule has 1 saturated heterocycles. The molecule has 2 N–H and O–H groups in total. The average Bonchev–Trinajstić information content (AvgIpc) is 2.29. The fourth-order valence-corrected chi connectivity index (χ4v) is 2.41. The Bertz CT molecular complexity index is 194. The number of likely N-dealkylation sites (tertiary alicyclic amines) is 1. The minimum Gasteiger partial charge on any atom is -0.396 e. The molecule has 0 amide bonds. The smallest absolute Gasteiger partial charge is 0.0541 e. The molecule has 1 fully saturated rings. The number of aliphatic hydroxyl groups is 2. The second kappa shape index (κ2) is 5.99. The van der Waals surface area contributed by atoms with Gasteiger partial charge in [-0.2, -0.15) is 0 Å². The van der Waals surface area contributed by atoms with E-state index in [1.165, 1.54) is 0 Å². The van der Waals surface area contributed by atoms with Gasteiger partial charge in [-0.1, -0.05) is 13.8 Å². The number of aliphatic hydroxyl groups excluding tert-OH is 2. The third-order valence-electron chi connectivity index (χ3n) is 4.16. The number of piperidine rings is 1. The minimum atomic E-state index is -0.169. The lowest BCUT2D eigenvalue weighted by atomic mass is 9.86. The van der Waals surface area contributed by atoms with Gasteiger partial charge in [-0.3, -0.25) is 0 Å². The molecule has 1 heterocycles. The SMILES string of the molecule is CCC(C)(CO)CN1CCC(C(C)O)CC1. The first-order valence-corrected chi connectivity index (χ1v) is 6.52. The maximum atomic E-state index is 9.53. The van der Waals surface area contributed by atoms with E-state index in [4.69, 9.17) is 0 Å². The zero-order valence-corrected chi connectivity index (χ0v) is 10.9. The Morgan fingerprint density at radius 3 is 2.31 bits per heavy atom. The number of hydrogen-bond donors (Lipinski definition) is 2. The first-order chi connectivity index (χ1) is 7.50. The second-order valence-corrected chi connectivity index (χ2v) is 5.68. The monoisotopic (exact) mass is 229 g/mol. The zero-order chi connectivity index (χ0) is 12.2. The summed E-state index contributed by atoms with van der Waals surface area (Å²) in [5.41, 5.74) is 0.0394. The van der Waals surface area contributed by atoms with Crippen molar-refractivity contribution in [2.24, 2.45) is 11.3 Å². The lowest BCUT2D eigenvalue weighted by Crippen LogP contribution is -2.43. The highest BCUT2D eigenvalue weighted by Crippen LogP contribution is 2.26. The van der Waals surface area contributed by atoms with Crippen molar-refractivity contribution in [3.05, 3.63) is 0 Å². The molecule has 0 radical (unpaired) electrons. The summed E-state index contributed by atoms with van der Waals surface area (Å²) in [4.78, 5) is 2.43. The Kier molecular flexibility index (Phi) is 5.22. The third-order valence-corrected chi connectivity index (χ3v) is 4.16. The Morgan fingerprint density at radius 1 is 1.38 bits per heavy atom. The van der Waals surface area contributed by atoms with E-state index in [1.807, 2.05) is 6.92 Å². The highest BCUT2D eigenvalue weighted by molar-refractivity contribution is 4.81. The largest absolute Gasteiger partial charge is 0.396 e. The molecule has 3 heteroatoms. The molecule has 0 aromatic carbocycles. The van der Waals surface area contributed by atoms with Crippen molar-refractivity contribution in [2.75, 3.05) is 26.2 Å². The van der Waals surface area contributed by atoms with Crippen LogP contribution in [0.15, 0.2) is 0 Å². The summed E-state index contributed by atoms with van der Waals surface area (Å²) in [6.07, 6.45) is 3.02. The molecule has 3 nitrogen and oxygen atoms in total. The predicted molar refractivity (Wildman–Crippen MR) is 66.3 cm³/mol. The average molecular weight is 229 g/mol. The number of nitrogens with zero attached hydrogens (tertiary/aromatic N) is 1. The van der Waals surface area contributed by atoms with Gasteiger partial charge in [-0.25, -0.2) is 0 Å². The molecule has 96 valence electrons. The number of hydrogen-bond acceptors (Lipinski definition) is 3. The molecular formula is C13H27NO2. The van der Waals surface area contributed by atoms with Crippen LogP contribution in [0.1, 0.15) is 40.0 Å². The Balaban J connectivity index is 2.37. The van der Waals surface area contributed by atoms with Gasteiger partial charge in [0.05, 0.1) is 6.10 Å². The zero-order valence-electron chi connectivity index (χ0n) is 10.9. The molecule has 0 aliphatic carbocycles. The molecule has 0 spiro atoms. The molecular weight excluding hydrogens is 202 g/mol. The molecule has 1 rings (SSSR count). The summed E-state index contributed by atoms with van der Waals surface area (Å²) in [6, 6.07) is 0.